The number of aromatic nitrogens is 1. The van der Waals surface area contributed by atoms with Crippen molar-refractivity contribution in [2.45, 2.75) is 12.8 Å². The van der Waals surface area contributed by atoms with Gasteiger partial charge in [0.05, 0.1) is 22.4 Å². The molecule has 1 aromatic heterocycles. The number of nitrogens with zero attached hydrogens (tertiary/aromatic N) is 1. The molecule has 0 saturated carbocycles. The number of hydrogen-bond donors (Lipinski definition) is 1. The molecule has 0 unspecified atom stereocenters. The molecular weight excluding hydrogens is 299 g/mol. The van der Waals surface area contributed by atoms with Crippen LogP contribution in [-0.2, 0) is 12.8 Å². The van der Waals surface area contributed by atoms with Crippen molar-refractivity contribution in [2.24, 2.45) is 0 Å². The average molecular weight is 309 g/mol. The quantitative estimate of drug-likeness (QED) is 0.757. The first-order chi connectivity index (χ1) is 9.97. The van der Waals surface area contributed by atoms with Gasteiger partial charge < -0.3 is 5.11 Å². The second kappa shape index (κ2) is 5.13. The monoisotopic (exact) mass is 309 g/mol. The van der Waals surface area contributed by atoms with Gasteiger partial charge in [-0.2, -0.15) is 13.2 Å². The molecule has 0 bridgehead atoms. The van der Waals surface area contributed by atoms with Crippen molar-refractivity contribution in [3.8, 4) is 11.1 Å². The molecule has 0 saturated heterocycles. The summed E-state index contributed by atoms with van der Waals surface area (Å²) in [6.07, 6.45) is -4.32. The third-order valence-electron chi connectivity index (χ3n) is 3.11. The van der Waals surface area contributed by atoms with Crippen LogP contribution in [0.25, 0.3) is 21.3 Å². The van der Waals surface area contributed by atoms with Crippen molar-refractivity contribution in [3.63, 3.8) is 0 Å². The molecule has 0 atom stereocenters. The lowest BCUT2D eigenvalue weighted by Gasteiger charge is -2.07. The number of benzene rings is 2. The molecule has 2 nitrogen and oxygen atoms in total. The van der Waals surface area contributed by atoms with Gasteiger partial charge in [-0.05, 0) is 35.4 Å². The van der Waals surface area contributed by atoms with Crippen molar-refractivity contribution < 1.29 is 18.3 Å². The molecule has 3 rings (SSSR count). The summed E-state index contributed by atoms with van der Waals surface area (Å²) in [7, 11) is 0. The van der Waals surface area contributed by atoms with E-state index in [1.807, 2.05) is 12.1 Å². The maximum absolute atomic E-state index is 12.5. The second-order valence-electron chi connectivity index (χ2n) is 4.52. The summed E-state index contributed by atoms with van der Waals surface area (Å²) in [6.45, 7) is -0.116. The van der Waals surface area contributed by atoms with Crippen LogP contribution in [0.5, 0.6) is 0 Å². The number of halogens is 3. The van der Waals surface area contributed by atoms with Crippen LogP contribution >= 0.6 is 11.3 Å². The molecule has 108 valence electrons. The summed E-state index contributed by atoms with van der Waals surface area (Å²) in [6, 6.07) is 10.5. The summed E-state index contributed by atoms with van der Waals surface area (Å²) in [4.78, 5) is 4.23. The Morgan fingerprint density at radius 2 is 1.67 bits per heavy atom. The predicted molar refractivity (Wildman–Crippen MR) is 76.0 cm³/mol. The fourth-order valence-electron chi connectivity index (χ4n) is 2.07. The van der Waals surface area contributed by atoms with Crippen LogP contribution < -0.4 is 0 Å². The molecular formula is C15H10F3NOS. The van der Waals surface area contributed by atoms with Crippen LogP contribution in [-0.4, -0.2) is 10.1 Å². The maximum Gasteiger partial charge on any atom is 0.416 e. The molecule has 0 fully saturated rings. The van der Waals surface area contributed by atoms with Crippen LogP contribution in [0.15, 0.2) is 42.5 Å². The van der Waals surface area contributed by atoms with E-state index < -0.39 is 11.7 Å². The number of thiazole rings is 1. The SMILES string of the molecule is OCc1nc2ccc(-c3ccc(C(F)(F)F)cc3)cc2s1. The third kappa shape index (κ3) is 2.77. The Balaban J connectivity index is 1.99. The first kappa shape index (κ1) is 14.0. The van der Waals surface area contributed by atoms with E-state index in [0.717, 1.165) is 27.9 Å². The van der Waals surface area contributed by atoms with E-state index in [9.17, 15) is 13.2 Å². The molecule has 0 aliphatic carbocycles. The van der Waals surface area contributed by atoms with E-state index in [4.69, 9.17) is 5.11 Å². The van der Waals surface area contributed by atoms with Crippen LogP contribution in [0.3, 0.4) is 0 Å². The lowest BCUT2D eigenvalue weighted by molar-refractivity contribution is -0.137. The molecule has 0 aliphatic heterocycles. The van der Waals surface area contributed by atoms with Gasteiger partial charge in [-0.3, -0.25) is 0 Å². The topological polar surface area (TPSA) is 33.1 Å². The number of hydrogen-bond acceptors (Lipinski definition) is 3. The standard InChI is InChI=1S/C15H10F3NOS/c16-15(17,18)11-4-1-9(2-5-11)10-3-6-12-13(7-10)21-14(8-20)19-12/h1-7,20H,8H2. The van der Waals surface area contributed by atoms with Gasteiger partial charge in [-0.25, -0.2) is 4.98 Å². The summed E-state index contributed by atoms with van der Waals surface area (Å²) in [5.74, 6) is 0. The van der Waals surface area contributed by atoms with Crippen LogP contribution in [0.4, 0.5) is 13.2 Å². The summed E-state index contributed by atoms with van der Waals surface area (Å²) in [5.41, 5.74) is 1.65. The first-order valence-electron chi connectivity index (χ1n) is 6.15. The molecule has 0 spiro atoms. The van der Waals surface area contributed by atoms with Crippen molar-refractivity contribution in [2.75, 3.05) is 0 Å². The smallest absolute Gasteiger partial charge is 0.389 e. The van der Waals surface area contributed by atoms with E-state index >= 15 is 0 Å². The van der Waals surface area contributed by atoms with Gasteiger partial charge in [-0.1, -0.05) is 18.2 Å². The van der Waals surface area contributed by atoms with Gasteiger partial charge in [0.25, 0.3) is 0 Å². The van der Waals surface area contributed by atoms with Crippen molar-refractivity contribution in [1.29, 1.82) is 0 Å². The predicted octanol–water partition coefficient (Wildman–Crippen LogP) is 4.47. The number of fused-ring (bicyclic) bond motifs is 1. The Morgan fingerprint density at radius 3 is 2.29 bits per heavy atom. The van der Waals surface area contributed by atoms with Gasteiger partial charge >= 0.3 is 6.18 Å². The Kier molecular flexibility index (Phi) is 3.43. The fourth-order valence-corrected chi connectivity index (χ4v) is 2.94. The molecule has 0 radical (unpaired) electrons. The Hall–Kier alpha value is -1.92. The normalized spacial score (nSPS) is 12.0. The Morgan fingerprint density at radius 1 is 1.00 bits per heavy atom. The molecule has 2 aromatic carbocycles. The number of alkyl halides is 3. The molecule has 6 heteroatoms. The summed E-state index contributed by atoms with van der Waals surface area (Å²) >= 11 is 1.37. The zero-order valence-electron chi connectivity index (χ0n) is 10.7. The highest BCUT2D eigenvalue weighted by Gasteiger charge is 2.29. The van der Waals surface area contributed by atoms with E-state index in [-0.39, 0.29) is 6.61 Å². The molecule has 1 N–H and O–H groups in total. The number of aliphatic hydroxyl groups excluding tert-OH is 1. The van der Waals surface area contributed by atoms with E-state index in [1.54, 1.807) is 6.07 Å². The minimum Gasteiger partial charge on any atom is -0.389 e. The molecule has 21 heavy (non-hydrogen) atoms. The van der Waals surface area contributed by atoms with Crippen molar-refractivity contribution >= 4 is 21.6 Å². The molecule has 0 aliphatic rings. The Bertz CT molecular complexity index is 778. The number of aliphatic hydroxyl groups is 1. The number of rotatable bonds is 2. The van der Waals surface area contributed by atoms with E-state index in [0.29, 0.717) is 10.6 Å². The average Bonchev–Trinajstić information content (AvgIpc) is 2.88. The maximum atomic E-state index is 12.5. The summed E-state index contributed by atoms with van der Waals surface area (Å²) in [5, 5.41) is 9.69. The summed E-state index contributed by atoms with van der Waals surface area (Å²) < 4.78 is 38.5. The van der Waals surface area contributed by atoms with Gasteiger partial charge in [0.1, 0.15) is 5.01 Å². The zero-order chi connectivity index (χ0) is 15.0. The second-order valence-corrected chi connectivity index (χ2v) is 5.64. The van der Waals surface area contributed by atoms with Crippen LogP contribution in [0, 0.1) is 0 Å². The van der Waals surface area contributed by atoms with Gasteiger partial charge in [0.15, 0.2) is 0 Å². The van der Waals surface area contributed by atoms with E-state index in [2.05, 4.69) is 4.98 Å². The highest BCUT2D eigenvalue weighted by molar-refractivity contribution is 7.18. The lowest BCUT2D eigenvalue weighted by atomic mass is 10.0. The van der Waals surface area contributed by atoms with E-state index in [1.165, 1.54) is 23.5 Å². The Labute approximate surface area is 122 Å². The van der Waals surface area contributed by atoms with Crippen molar-refractivity contribution in [3.05, 3.63) is 53.0 Å². The van der Waals surface area contributed by atoms with Crippen LogP contribution in [0.2, 0.25) is 0 Å². The minimum absolute atomic E-state index is 0.116. The largest absolute Gasteiger partial charge is 0.416 e. The molecule has 1 heterocycles. The first-order valence-corrected chi connectivity index (χ1v) is 6.97. The van der Waals surface area contributed by atoms with Crippen LogP contribution in [0.1, 0.15) is 10.6 Å². The zero-order valence-corrected chi connectivity index (χ0v) is 11.5. The van der Waals surface area contributed by atoms with Crippen molar-refractivity contribution in [1.82, 2.24) is 4.98 Å². The van der Waals surface area contributed by atoms with Gasteiger partial charge in [0, 0.05) is 0 Å². The van der Waals surface area contributed by atoms with Gasteiger partial charge in [0.2, 0.25) is 0 Å². The molecule has 3 aromatic rings. The minimum atomic E-state index is -4.32. The van der Waals surface area contributed by atoms with Gasteiger partial charge in [-0.15, -0.1) is 11.3 Å². The third-order valence-corrected chi connectivity index (χ3v) is 4.12. The highest BCUT2D eigenvalue weighted by atomic mass is 32.1. The lowest BCUT2D eigenvalue weighted by Crippen LogP contribution is -2.03. The highest BCUT2D eigenvalue weighted by Crippen LogP contribution is 2.32. The molecule has 0 amide bonds. The fraction of sp³-hybridized carbons (Fsp3) is 0.133.